The van der Waals surface area contributed by atoms with Gasteiger partial charge in [0.15, 0.2) is 0 Å². The summed E-state index contributed by atoms with van der Waals surface area (Å²) in [7, 11) is 1.84. The third-order valence-electron chi connectivity index (χ3n) is 4.27. The van der Waals surface area contributed by atoms with Crippen molar-refractivity contribution in [3.8, 4) is 0 Å². The van der Waals surface area contributed by atoms with Crippen molar-refractivity contribution in [1.29, 1.82) is 0 Å². The Morgan fingerprint density at radius 1 is 1.41 bits per heavy atom. The van der Waals surface area contributed by atoms with Crippen LogP contribution in [0.4, 0.5) is 0 Å². The van der Waals surface area contributed by atoms with Gasteiger partial charge in [0.05, 0.1) is 5.75 Å². The summed E-state index contributed by atoms with van der Waals surface area (Å²) in [6.45, 7) is 3.29. The minimum Gasteiger partial charge on any atom is -0.344 e. The molecule has 0 N–H and O–H groups in total. The van der Waals surface area contributed by atoms with E-state index in [4.69, 9.17) is 0 Å². The molecule has 22 heavy (non-hydrogen) atoms. The van der Waals surface area contributed by atoms with Gasteiger partial charge in [-0.15, -0.1) is 11.8 Å². The molecule has 118 valence electrons. The zero-order valence-electron chi connectivity index (χ0n) is 13.1. The molecule has 1 heterocycles. The Labute approximate surface area is 135 Å². The molecule has 1 aliphatic heterocycles. The summed E-state index contributed by atoms with van der Waals surface area (Å²) < 4.78 is 0. The van der Waals surface area contributed by atoms with E-state index in [1.54, 1.807) is 16.7 Å². The largest absolute Gasteiger partial charge is 0.344 e. The molecule has 3 rings (SSSR count). The molecule has 0 spiro atoms. The number of carbonyl (C=O) groups is 2. The second-order valence-corrected chi connectivity index (χ2v) is 7.27. The standard InChI is InChI=1S/C17H22N2O2S/c1-12-4-3-5-14(10-12)17-19(15(20)11-22-17)9-8-18(2)16(21)13-6-7-13/h3-5,10,13,17H,6-9,11H2,1-2H3. The summed E-state index contributed by atoms with van der Waals surface area (Å²) >= 11 is 1.67. The van der Waals surface area contributed by atoms with E-state index in [-0.39, 0.29) is 23.1 Å². The van der Waals surface area contributed by atoms with Crippen LogP contribution in [0.25, 0.3) is 0 Å². The van der Waals surface area contributed by atoms with Crippen LogP contribution in [0.3, 0.4) is 0 Å². The molecule has 0 radical (unpaired) electrons. The minimum atomic E-state index is 0.0804. The van der Waals surface area contributed by atoms with E-state index in [1.807, 2.05) is 18.0 Å². The molecule has 1 saturated heterocycles. The van der Waals surface area contributed by atoms with Crippen LogP contribution < -0.4 is 0 Å². The Bertz CT molecular complexity index is 586. The van der Waals surface area contributed by atoms with Crippen molar-refractivity contribution in [2.45, 2.75) is 25.1 Å². The number of aryl methyl sites for hydroxylation is 1. The van der Waals surface area contributed by atoms with Crippen LogP contribution in [0.5, 0.6) is 0 Å². The molecule has 0 bridgehead atoms. The average Bonchev–Trinajstić information content (AvgIpc) is 3.28. The van der Waals surface area contributed by atoms with Crippen LogP contribution in [-0.2, 0) is 9.59 Å². The molecule has 1 aromatic carbocycles. The van der Waals surface area contributed by atoms with Gasteiger partial charge in [-0.25, -0.2) is 0 Å². The van der Waals surface area contributed by atoms with Gasteiger partial charge in [0.25, 0.3) is 0 Å². The highest BCUT2D eigenvalue weighted by Gasteiger charge is 2.35. The smallest absolute Gasteiger partial charge is 0.233 e. The molecule has 2 fully saturated rings. The van der Waals surface area contributed by atoms with Gasteiger partial charge in [-0.2, -0.15) is 0 Å². The molecule has 1 aliphatic carbocycles. The summed E-state index contributed by atoms with van der Waals surface area (Å²) in [6.07, 6.45) is 2.04. The number of amides is 2. The molecular weight excluding hydrogens is 296 g/mol. The van der Waals surface area contributed by atoms with Gasteiger partial charge in [0.1, 0.15) is 5.37 Å². The Morgan fingerprint density at radius 2 is 2.18 bits per heavy atom. The molecule has 0 aromatic heterocycles. The molecule has 1 unspecified atom stereocenters. The van der Waals surface area contributed by atoms with Gasteiger partial charge in [-0.3, -0.25) is 9.59 Å². The van der Waals surface area contributed by atoms with Gasteiger partial charge in [0, 0.05) is 26.1 Å². The number of benzene rings is 1. The summed E-state index contributed by atoms with van der Waals surface area (Å²) in [5, 5.41) is 0.0804. The van der Waals surface area contributed by atoms with Crippen LogP contribution in [0.2, 0.25) is 0 Å². The fraction of sp³-hybridized carbons (Fsp3) is 0.529. The molecule has 2 amide bonds. The Morgan fingerprint density at radius 3 is 2.86 bits per heavy atom. The first-order valence-electron chi connectivity index (χ1n) is 7.79. The predicted octanol–water partition coefficient (Wildman–Crippen LogP) is 2.44. The zero-order valence-corrected chi connectivity index (χ0v) is 13.9. The van der Waals surface area contributed by atoms with E-state index in [1.165, 1.54) is 11.1 Å². The van der Waals surface area contributed by atoms with Crippen molar-refractivity contribution in [3.05, 3.63) is 35.4 Å². The maximum absolute atomic E-state index is 12.2. The highest BCUT2D eigenvalue weighted by atomic mass is 32.2. The number of thioether (sulfide) groups is 1. The lowest BCUT2D eigenvalue weighted by Crippen LogP contribution is -2.38. The van der Waals surface area contributed by atoms with Crippen molar-refractivity contribution >= 4 is 23.6 Å². The highest BCUT2D eigenvalue weighted by molar-refractivity contribution is 8.00. The lowest BCUT2D eigenvalue weighted by atomic mass is 10.1. The second-order valence-electron chi connectivity index (χ2n) is 6.20. The number of nitrogens with zero attached hydrogens (tertiary/aromatic N) is 2. The summed E-state index contributed by atoms with van der Waals surface area (Å²) in [5.41, 5.74) is 2.38. The number of carbonyl (C=O) groups excluding carboxylic acids is 2. The summed E-state index contributed by atoms with van der Waals surface area (Å²) in [6, 6.07) is 8.32. The van der Waals surface area contributed by atoms with Crippen molar-refractivity contribution in [2.24, 2.45) is 5.92 Å². The molecule has 5 heteroatoms. The fourth-order valence-corrected chi connectivity index (χ4v) is 4.01. The third-order valence-corrected chi connectivity index (χ3v) is 5.53. The predicted molar refractivity (Wildman–Crippen MR) is 88.5 cm³/mol. The molecule has 1 saturated carbocycles. The van der Waals surface area contributed by atoms with Gasteiger partial charge in [0.2, 0.25) is 11.8 Å². The average molecular weight is 318 g/mol. The fourth-order valence-electron chi connectivity index (χ4n) is 2.81. The van der Waals surface area contributed by atoms with Gasteiger partial charge in [-0.05, 0) is 25.3 Å². The topological polar surface area (TPSA) is 40.6 Å². The Hall–Kier alpha value is -1.49. The molecular formula is C17H22N2O2S. The Balaban J connectivity index is 1.64. The summed E-state index contributed by atoms with van der Waals surface area (Å²) in [4.78, 5) is 27.9. The maximum atomic E-state index is 12.2. The minimum absolute atomic E-state index is 0.0804. The van der Waals surface area contributed by atoms with Gasteiger partial charge < -0.3 is 9.80 Å². The lowest BCUT2D eigenvalue weighted by molar-refractivity contribution is -0.133. The third kappa shape index (κ3) is 3.29. The van der Waals surface area contributed by atoms with Crippen LogP contribution in [0.15, 0.2) is 24.3 Å². The van der Waals surface area contributed by atoms with Crippen molar-refractivity contribution < 1.29 is 9.59 Å². The molecule has 1 atom stereocenters. The van der Waals surface area contributed by atoms with E-state index >= 15 is 0 Å². The number of likely N-dealkylation sites (N-methyl/N-ethyl adjacent to an activating group) is 1. The maximum Gasteiger partial charge on any atom is 0.233 e. The molecule has 4 nitrogen and oxygen atoms in total. The zero-order chi connectivity index (χ0) is 15.7. The quantitative estimate of drug-likeness (QED) is 0.837. The first kappa shape index (κ1) is 15.4. The van der Waals surface area contributed by atoms with Crippen molar-refractivity contribution in [2.75, 3.05) is 25.9 Å². The Kier molecular flexibility index (Phi) is 4.43. The number of hydrogen-bond donors (Lipinski definition) is 0. The van der Waals surface area contributed by atoms with Crippen LogP contribution in [0, 0.1) is 12.8 Å². The van der Waals surface area contributed by atoms with Gasteiger partial charge in [-0.1, -0.05) is 29.8 Å². The van der Waals surface area contributed by atoms with E-state index in [9.17, 15) is 9.59 Å². The van der Waals surface area contributed by atoms with Crippen LogP contribution >= 0.6 is 11.8 Å². The lowest BCUT2D eigenvalue weighted by Gasteiger charge is -2.27. The van der Waals surface area contributed by atoms with Gasteiger partial charge >= 0.3 is 0 Å². The first-order chi connectivity index (χ1) is 10.6. The highest BCUT2D eigenvalue weighted by Crippen LogP contribution is 2.38. The van der Waals surface area contributed by atoms with E-state index in [2.05, 4.69) is 25.1 Å². The monoisotopic (exact) mass is 318 g/mol. The van der Waals surface area contributed by atoms with E-state index in [0.29, 0.717) is 18.8 Å². The molecule has 2 aliphatic rings. The number of hydrogen-bond acceptors (Lipinski definition) is 3. The number of rotatable bonds is 5. The summed E-state index contributed by atoms with van der Waals surface area (Å²) in [5.74, 6) is 1.16. The van der Waals surface area contributed by atoms with Crippen LogP contribution in [-0.4, -0.2) is 47.5 Å². The first-order valence-corrected chi connectivity index (χ1v) is 8.84. The van der Waals surface area contributed by atoms with E-state index in [0.717, 1.165) is 12.8 Å². The molecule has 1 aromatic rings. The van der Waals surface area contributed by atoms with Crippen molar-refractivity contribution in [1.82, 2.24) is 9.80 Å². The SMILES string of the molecule is Cc1cccc(C2SCC(=O)N2CCN(C)C(=O)C2CC2)c1. The van der Waals surface area contributed by atoms with E-state index < -0.39 is 0 Å². The normalized spacial score (nSPS) is 21.3. The second kappa shape index (κ2) is 6.32. The van der Waals surface area contributed by atoms with Crippen LogP contribution in [0.1, 0.15) is 29.3 Å². The van der Waals surface area contributed by atoms with Crippen molar-refractivity contribution in [3.63, 3.8) is 0 Å².